The largest absolute Gasteiger partial charge is 0.465 e. The monoisotopic (exact) mass is 417 g/mol. The fourth-order valence-electron chi connectivity index (χ4n) is 3.39. The molecule has 2 aromatic rings. The summed E-state index contributed by atoms with van der Waals surface area (Å²) in [4.78, 5) is 21.7. The number of esters is 1. The van der Waals surface area contributed by atoms with Crippen molar-refractivity contribution in [3.8, 4) is 0 Å². The molecule has 0 atom stereocenters. The Balaban J connectivity index is 1.84. The Morgan fingerprint density at radius 2 is 1.93 bits per heavy atom. The summed E-state index contributed by atoms with van der Waals surface area (Å²) in [5.74, 6) is 1.56. The number of hydrogen-bond donors (Lipinski definition) is 1. The molecule has 150 valence electrons. The minimum atomic E-state index is -0.394. The fourth-order valence-corrected chi connectivity index (χ4v) is 4.78. The quantitative estimate of drug-likeness (QED) is 0.272. The van der Waals surface area contributed by atoms with E-state index in [-0.39, 0.29) is 0 Å². The molecule has 0 unspecified atom stereocenters. The van der Waals surface area contributed by atoms with Gasteiger partial charge in [-0.25, -0.2) is 14.8 Å². The molecule has 3 rings (SSSR count). The van der Waals surface area contributed by atoms with Gasteiger partial charge in [0.05, 0.1) is 7.11 Å². The Morgan fingerprint density at radius 1 is 1.18 bits per heavy atom. The molecule has 0 spiro atoms. The number of hydrogen-bond acceptors (Lipinski definition) is 7. The molecule has 1 aromatic carbocycles. The molecular formula is C21H27N3O2S2. The predicted molar refractivity (Wildman–Crippen MR) is 116 cm³/mol. The molecule has 1 aliphatic rings. The molecule has 1 fully saturated rings. The Kier molecular flexibility index (Phi) is 8.03. The number of anilines is 1. The van der Waals surface area contributed by atoms with Crippen LogP contribution in [-0.4, -0.2) is 35.8 Å². The van der Waals surface area contributed by atoms with Crippen LogP contribution in [0.4, 0.5) is 5.82 Å². The molecule has 1 aromatic heterocycles. The molecule has 0 amide bonds. The van der Waals surface area contributed by atoms with E-state index in [1.165, 1.54) is 56.5 Å². The van der Waals surface area contributed by atoms with Gasteiger partial charge in [-0.1, -0.05) is 61.4 Å². The van der Waals surface area contributed by atoms with E-state index >= 15 is 0 Å². The van der Waals surface area contributed by atoms with Crippen LogP contribution in [0.5, 0.6) is 0 Å². The van der Waals surface area contributed by atoms with Gasteiger partial charge in [-0.15, -0.1) is 11.8 Å². The third kappa shape index (κ3) is 5.64. The Labute approximate surface area is 175 Å². The van der Waals surface area contributed by atoms with Crippen molar-refractivity contribution >= 4 is 35.3 Å². The number of rotatable bonds is 8. The first-order valence-corrected chi connectivity index (χ1v) is 11.9. The van der Waals surface area contributed by atoms with Crippen LogP contribution in [-0.2, 0) is 10.5 Å². The van der Waals surface area contributed by atoms with Crippen LogP contribution in [0.3, 0.4) is 0 Å². The summed E-state index contributed by atoms with van der Waals surface area (Å²) in [7, 11) is 1.40. The van der Waals surface area contributed by atoms with Crippen molar-refractivity contribution in [3.05, 3.63) is 41.5 Å². The molecule has 1 heterocycles. The van der Waals surface area contributed by atoms with Crippen LogP contribution < -0.4 is 5.32 Å². The highest BCUT2D eigenvalue weighted by atomic mass is 32.2. The van der Waals surface area contributed by atoms with Gasteiger partial charge in [0.2, 0.25) is 0 Å². The number of thioether (sulfide) groups is 2. The summed E-state index contributed by atoms with van der Waals surface area (Å²) in [6, 6.07) is 10.2. The number of carbonyl (C=O) groups is 1. The lowest BCUT2D eigenvalue weighted by atomic mass is 9.89. The minimum Gasteiger partial charge on any atom is -0.465 e. The fraction of sp³-hybridized carbons (Fsp3) is 0.476. The summed E-state index contributed by atoms with van der Waals surface area (Å²) >= 11 is 3.02. The second-order valence-corrected chi connectivity index (χ2v) is 8.63. The maximum Gasteiger partial charge on any atom is 0.344 e. The molecule has 7 heteroatoms. The second kappa shape index (κ2) is 10.7. The number of nitrogens with zero attached hydrogens (tertiary/aromatic N) is 2. The third-order valence-corrected chi connectivity index (χ3v) is 6.52. The van der Waals surface area contributed by atoms with Crippen LogP contribution in [0.25, 0.3) is 0 Å². The molecule has 5 nitrogen and oxygen atoms in total. The van der Waals surface area contributed by atoms with Gasteiger partial charge in [0.25, 0.3) is 0 Å². The number of carbonyl (C=O) groups excluding carboxylic acids is 1. The summed E-state index contributed by atoms with van der Waals surface area (Å²) in [5.41, 5.74) is 1.63. The lowest BCUT2D eigenvalue weighted by Gasteiger charge is -2.23. The van der Waals surface area contributed by atoms with Crippen molar-refractivity contribution in [3.63, 3.8) is 0 Å². The lowest BCUT2D eigenvalue weighted by molar-refractivity contribution is 0.0596. The Hall–Kier alpha value is -1.73. The topological polar surface area (TPSA) is 64.1 Å². The van der Waals surface area contributed by atoms with Crippen LogP contribution >= 0.6 is 23.5 Å². The highest BCUT2D eigenvalue weighted by molar-refractivity contribution is 7.99. The first kappa shape index (κ1) is 21.0. The molecule has 0 radical (unpaired) electrons. The zero-order valence-corrected chi connectivity index (χ0v) is 18.1. The zero-order chi connectivity index (χ0) is 19.8. The van der Waals surface area contributed by atoms with Gasteiger partial charge in [0.15, 0.2) is 5.16 Å². The lowest BCUT2D eigenvalue weighted by Crippen LogP contribution is -2.20. The first-order chi connectivity index (χ1) is 13.7. The average Bonchev–Trinajstić information content (AvgIpc) is 2.76. The Bertz CT molecular complexity index is 781. The molecule has 1 N–H and O–H groups in total. The standard InChI is InChI=1S/C21H27N3O2S2/c1-26-20(25)17-18(22-13-15-9-5-3-6-10-15)23-21(27-2)24-19(17)28-14-16-11-7-4-8-12-16/h4,7-8,11-12,15H,3,5-6,9-10,13-14H2,1-2H3,(H,22,23,24). The highest BCUT2D eigenvalue weighted by Crippen LogP contribution is 2.32. The Morgan fingerprint density at radius 3 is 2.61 bits per heavy atom. The third-order valence-electron chi connectivity index (χ3n) is 4.93. The number of aromatic nitrogens is 2. The van der Waals surface area contributed by atoms with Gasteiger partial charge in [-0.2, -0.15) is 0 Å². The summed E-state index contributed by atoms with van der Waals surface area (Å²) < 4.78 is 5.06. The van der Waals surface area contributed by atoms with E-state index < -0.39 is 5.97 Å². The smallest absolute Gasteiger partial charge is 0.344 e. The van der Waals surface area contributed by atoms with Gasteiger partial charge in [0.1, 0.15) is 16.4 Å². The van der Waals surface area contributed by atoms with E-state index in [1.807, 2.05) is 24.5 Å². The molecular weight excluding hydrogens is 390 g/mol. The van der Waals surface area contributed by atoms with E-state index in [2.05, 4.69) is 27.4 Å². The number of methoxy groups -OCH3 is 1. The van der Waals surface area contributed by atoms with Gasteiger partial charge in [-0.05, 0) is 30.6 Å². The molecule has 0 saturated heterocycles. The molecule has 1 saturated carbocycles. The van der Waals surface area contributed by atoms with Crippen molar-refractivity contribution in [2.24, 2.45) is 5.92 Å². The summed E-state index contributed by atoms with van der Waals surface area (Å²) in [6.45, 7) is 0.831. The van der Waals surface area contributed by atoms with Crippen molar-refractivity contribution in [1.82, 2.24) is 9.97 Å². The molecule has 28 heavy (non-hydrogen) atoms. The predicted octanol–water partition coefficient (Wildman–Crippen LogP) is 5.27. The first-order valence-electron chi connectivity index (χ1n) is 9.66. The van der Waals surface area contributed by atoms with Crippen molar-refractivity contribution in [2.75, 3.05) is 25.2 Å². The van der Waals surface area contributed by atoms with E-state index in [0.29, 0.717) is 27.5 Å². The molecule has 0 bridgehead atoms. The number of benzene rings is 1. The highest BCUT2D eigenvalue weighted by Gasteiger charge is 2.23. The van der Waals surface area contributed by atoms with Crippen molar-refractivity contribution in [2.45, 2.75) is 48.0 Å². The normalized spacial score (nSPS) is 14.6. The summed E-state index contributed by atoms with van der Waals surface area (Å²) in [5, 5.41) is 4.76. The molecule has 0 aliphatic heterocycles. The van der Waals surface area contributed by atoms with E-state index in [0.717, 1.165) is 12.3 Å². The number of nitrogens with one attached hydrogen (secondary N) is 1. The van der Waals surface area contributed by atoms with Gasteiger partial charge in [-0.3, -0.25) is 0 Å². The second-order valence-electron chi connectivity index (χ2n) is 6.89. The SMILES string of the molecule is COC(=O)c1c(NCC2CCCCC2)nc(SC)nc1SCc1ccccc1. The van der Waals surface area contributed by atoms with Crippen molar-refractivity contribution < 1.29 is 9.53 Å². The number of ether oxygens (including phenoxy) is 1. The summed E-state index contributed by atoms with van der Waals surface area (Å²) in [6.07, 6.45) is 8.31. The van der Waals surface area contributed by atoms with Crippen LogP contribution in [0.2, 0.25) is 0 Å². The zero-order valence-electron chi connectivity index (χ0n) is 16.4. The van der Waals surface area contributed by atoms with Gasteiger partial charge >= 0.3 is 5.97 Å². The minimum absolute atomic E-state index is 0.394. The van der Waals surface area contributed by atoms with E-state index in [9.17, 15) is 4.79 Å². The van der Waals surface area contributed by atoms with Crippen LogP contribution in [0.15, 0.2) is 40.5 Å². The van der Waals surface area contributed by atoms with E-state index in [4.69, 9.17) is 4.74 Å². The van der Waals surface area contributed by atoms with Gasteiger partial charge < -0.3 is 10.1 Å². The van der Waals surface area contributed by atoms with Gasteiger partial charge in [0, 0.05) is 12.3 Å². The maximum atomic E-state index is 12.6. The maximum absolute atomic E-state index is 12.6. The van der Waals surface area contributed by atoms with E-state index in [1.54, 1.807) is 11.8 Å². The van der Waals surface area contributed by atoms with Crippen LogP contribution in [0, 0.1) is 5.92 Å². The van der Waals surface area contributed by atoms with Crippen molar-refractivity contribution in [1.29, 1.82) is 0 Å². The van der Waals surface area contributed by atoms with Crippen LogP contribution in [0.1, 0.15) is 48.0 Å². The average molecular weight is 418 g/mol. The molecule has 1 aliphatic carbocycles.